The SMILES string of the molecule is CC1(O)C=N[CH-]1. The summed E-state index contributed by atoms with van der Waals surface area (Å²) in [5, 5.41) is 8.71. The van der Waals surface area contributed by atoms with E-state index in [4.69, 9.17) is 5.11 Å². The Bertz CT molecular complexity index is 85.5. The zero-order chi connectivity index (χ0) is 4.62. The summed E-state index contributed by atoms with van der Waals surface area (Å²) in [5.41, 5.74) is -0.694. The summed E-state index contributed by atoms with van der Waals surface area (Å²) >= 11 is 0. The Kier molecular flexibility index (Phi) is 0.468. The van der Waals surface area contributed by atoms with Gasteiger partial charge in [0.1, 0.15) is 0 Å². The summed E-state index contributed by atoms with van der Waals surface area (Å²) < 4.78 is 0. The summed E-state index contributed by atoms with van der Waals surface area (Å²) in [5.74, 6) is 0. The summed E-state index contributed by atoms with van der Waals surface area (Å²) in [4.78, 5) is 3.57. The first kappa shape index (κ1) is 3.68. The van der Waals surface area contributed by atoms with E-state index in [1.165, 1.54) is 12.8 Å². The molecule has 2 nitrogen and oxygen atoms in total. The Labute approximate surface area is 36.5 Å². The van der Waals surface area contributed by atoms with Gasteiger partial charge in [-0.05, 0) is 0 Å². The largest absolute Gasteiger partial charge is 0.455 e. The van der Waals surface area contributed by atoms with E-state index in [2.05, 4.69) is 4.99 Å². The average Bonchev–Trinajstić information content (AvgIpc) is 1.32. The highest BCUT2D eigenvalue weighted by Gasteiger charge is 2.09. The van der Waals surface area contributed by atoms with Crippen molar-refractivity contribution in [3.05, 3.63) is 6.54 Å². The normalized spacial score (nSPS) is 41.0. The van der Waals surface area contributed by atoms with Gasteiger partial charge in [0, 0.05) is 5.60 Å². The molecular formula is C4H6NO-. The van der Waals surface area contributed by atoms with Crippen molar-refractivity contribution in [3.63, 3.8) is 0 Å². The highest BCUT2D eigenvalue weighted by atomic mass is 16.3. The van der Waals surface area contributed by atoms with Crippen molar-refractivity contribution in [2.75, 3.05) is 0 Å². The van der Waals surface area contributed by atoms with Gasteiger partial charge >= 0.3 is 0 Å². The molecule has 0 aliphatic carbocycles. The van der Waals surface area contributed by atoms with Crippen molar-refractivity contribution in [3.8, 4) is 0 Å². The molecule has 1 aliphatic heterocycles. The predicted octanol–water partition coefficient (Wildman–Crippen LogP) is -0.0164. The second-order valence-electron chi connectivity index (χ2n) is 1.63. The fourth-order valence-corrected chi connectivity index (χ4v) is 0.290. The van der Waals surface area contributed by atoms with Gasteiger partial charge in [0.25, 0.3) is 0 Å². The molecule has 0 bridgehead atoms. The van der Waals surface area contributed by atoms with Crippen LogP contribution < -0.4 is 0 Å². The van der Waals surface area contributed by atoms with Crippen LogP contribution in [-0.4, -0.2) is 16.9 Å². The quantitative estimate of drug-likeness (QED) is 0.411. The highest BCUT2D eigenvalue weighted by Crippen LogP contribution is 2.12. The standard InChI is InChI=1S/C4H6NO/c1-4(6)2-5-3-4/h2-3,6H,1H3/q-1. The van der Waals surface area contributed by atoms with Crippen molar-refractivity contribution in [2.45, 2.75) is 12.5 Å². The van der Waals surface area contributed by atoms with Gasteiger partial charge in [-0.15, -0.1) is 12.8 Å². The predicted molar refractivity (Wildman–Crippen MR) is 23.4 cm³/mol. The molecule has 1 heterocycles. The Balaban J connectivity index is 2.57. The van der Waals surface area contributed by atoms with Gasteiger partial charge < -0.3 is 10.1 Å². The maximum Gasteiger partial charge on any atom is 0.00135 e. The zero-order valence-corrected chi connectivity index (χ0v) is 3.55. The maximum atomic E-state index is 8.71. The first-order chi connectivity index (χ1) is 2.71. The second kappa shape index (κ2) is 0.763. The van der Waals surface area contributed by atoms with E-state index in [9.17, 15) is 0 Å². The molecule has 0 radical (unpaired) electrons. The van der Waals surface area contributed by atoms with E-state index in [1.807, 2.05) is 0 Å². The van der Waals surface area contributed by atoms with Crippen LogP contribution in [0.25, 0.3) is 0 Å². The molecule has 34 valence electrons. The lowest BCUT2D eigenvalue weighted by molar-refractivity contribution is 0.157. The maximum absolute atomic E-state index is 8.71. The molecule has 0 aromatic carbocycles. The molecule has 0 saturated carbocycles. The Morgan fingerprint density at radius 1 is 2.00 bits per heavy atom. The first-order valence-corrected chi connectivity index (χ1v) is 1.82. The number of aliphatic hydroxyl groups is 1. The number of rotatable bonds is 0. The minimum atomic E-state index is -0.694. The van der Waals surface area contributed by atoms with Crippen molar-refractivity contribution in [2.24, 2.45) is 4.99 Å². The minimum Gasteiger partial charge on any atom is -0.455 e. The third-order valence-corrected chi connectivity index (χ3v) is 0.672. The third-order valence-electron chi connectivity index (χ3n) is 0.672. The number of hydrogen-bond donors (Lipinski definition) is 1. The van der Waals surface area contributed by atoms with E-state index < -0.39 is 5.60 Å². The van der Waals surface area contributed by atoms with Crippen LogP contribution in [0.1, 0.15) is 6.92 Å². The van der Waals surface area contributed by atoms with Crippen LogP contribution in [0.3, 0.4) is 0 Å². The molecule has 1 rings (SSSR count). The van der Waals surface area contributed by atoms with Crippen LogP contribution in [0.5, 0.6) is 0 Å². The van der Waals surface area contributed by atoms with Gasteiger partial charge in [-0.25, -0.2) is 0 Å². The fraction of sp³-hybridized carbons (Fsp3) is 0.500. The molecule has 0 amide bonds. The van der Waals surface area contributed by atoms with Crippen LogP contribution in [0.15, 0.2) is 4.99 Å². The molecule has 0 aromatic rings. The summed E-state index contributed by atoms with van der Waals surface area (Å²) in [6, 6.07) is 0. The fourth-order valence-electron chi connectivity index (χ4n) is 0.290. The molecule has 1 N–H and O–H groups in total. The van der Waals surface area contributed by atoms with Gasteiger partial charge in [-0.3, -0.25) is 0 Å². The smallest absolute Gasteiger partial charge is 0.00135 e. The van der Waals surface area contributed by atoms with Crippen molar-refractivity contribution in [1.29, 1.82) is 0 Å². The van der Waals surface area contributed by atoms with Gasteiger partial charge in [-0.2, -0.15) is 0 Å². The number of nitrogens with zero attached hydrogens (tertiary/aromatic N) is 1. The van der Waals surface area contributed by atoms with Gasteiger partial charge in [0.05, 0.1) is 0 Å². The van der Waals surface area contributed by atoms with E-state index in [0.717, 1.165) is 0 Å². The zero-order valence-electron chi connectivity index (χ0n) is 3.55. The number of hydrogen-bond acceptors (Lipinski definition) is 2. The van der Waals surface area contributed by atoms with Crippen LogP contribution in [0.2, 0.25) is 0 Å². The molecule has 1 unspecified atom stereocenters. The number of aliphatic imine (C=N–C) groups is 1. The van der Waals surface area contributed by atoms with Crippen LogP contribution in [0, 0.1) is 6.54 Å². The third kappa shape index (κ3) is 0.389. The van der Waals surface area contributed by atoms with E-state index in [-0.39, 0.29) is 0 Å². The highest BCUT2D eigenvalue weighted by molar-refractivity contribution is 5.76. The lowest BCUT2D eigenvalue weighted by Gasteiger charge is -2.34. The van der Waals surface area contributed by atoms with Crippen molar-refractivity contribution < 1.29 is 5.11 Å². The molecule has 1 atom stereocenters. The summed E-state index contributed by atoms with van der Waals surface area (Å²) in [6.07, 6.45) is 1.49. The molecule has 0 spiro atoms. The lowest BCUT2D eigenvalue weighted by atomic mass is 10.1. The van der Waals surface area contributed by atoms with Gasteiger partial charge in [0.2, 0.25) is 0 Å². The van der Waals surface area contributed by atoms with Gasteiger partial charge in [0.15, 0.2) is 0 Å². The van der Waals surface area contributed by atoms with Crippen LogP contribution in [-0.2, 0) is 0 Å². The molecule has 6 heavy (non-hydrogen) atoms. The van der Waals surface area contributed by atoms with E-state index in [0.29, 0.717) is 0 Å². The Hall–Kier alpha value is -0.500. The second-order valence-corrected chi connectivity index (χ2v) is 1.63. The molecule has 0 aromatic heterocycles. The van der Waals surface area contributed by atoms with E-state index in [1.54, 1.807) is 6.92 Å². The molecule has 0 saturated heterocycles. The Morgan fingerprint density at radius 2 is 2.33 bits per heavy atom. The monoisotopic (exact) mass is 84.0 g/mol. The molecular weight excluding hydrogens is 78.0 g/mol. The van der Waals surface area contributed by atoms with Crippen molar-refractivity contribution >= 4 is 6.21 Å². The first-order valence-electron chi connectivity index (χ1n) is 1.82. The molecule has 0 fully saturated rings. The average molecular weight is 84.1 g/mol. The minimum absolute atomic E-state index is 0.694. The molecule has 2 heteroatoms. The van der Waals surface area contributed by atoms with Crippen molar-refractivity contribution in [1.82, 2.24) is 0 Å². The van der Waals surface area contributed by atoms with Gasteiger partial charge in [-0.1, -0.05) is 6.92 Å². The molecule has 1 aliphatic rings. The van der Waals surface area contributed by atoms with E-state index >= 15 is 0 Å². The lowest BCUT2D eigenvalue weighted by Crippen LogP contribution is -2.32. The van der Waals surface area contributed by atoms with Crippen LogP contribution >= 0.6 is 0 Å². The summed E-state index contributed by atoms with van der Waals surface area (Å²) in [7, 11) is 0. The Morgan fingerprint density at radius 3 is 2.33 bits per heavy atom. The topological polar surface area (TPSA) is 32.6 Å². The van der Waals surface area contributed by atoms with Crippen LogP contribution in [0.4, 0.5) is 0 Å². The summed E-state index contributed by atoms with van der Waals surface area (Å²) in [6.45, 7) is 3.17.